The summed E-state index contributed by atoms with van der Waals surface area (Å²) in [5.41, 5.74) is 0. The van der Waals surface area contributed by atoms with Gasteiger partial charge in [-0.05, 0) is 37.0 Å². The lowest BCUT2D eigenvalue weighted by atomic mass is 10.1. The molecule has 1 heteroatoms. The van der Waals surface area contributed by atoms with Gasteiger partial charge in [0.15, 0.2) is 0 Å². The third kappa shape index (κ3) is 0.787. The van der Waals surface area contributed by atoms with Crippen LogP contribution in [0.1, 0.15) is 25.7 Å². The van der Waals surface area contributed by atoms with Crippen molar-refractivity contribution in [2.24, 2.45) is 17.8 Å². The Hall–Kier alpha value is -0.0400. The van der Waals surface area contributed by atoms with Gasteiger partial charge in [0, 0.05) is 6.61 Å². The van der Waals surface area contributed by atoms with Crippen LogP contribution in [0.2, 0.25) is 0 Å². The van der Waals surface area contributed by atoms with Crippen molar-refractivity contribution in [3.8, 4) is 0 Å². The van der Waals surface area contributed by atoms with Gasteiger partial charge >= 0.3 is 0 Å². The van der Waals surface area contributed by atoms with Crippen molar-refractivity contribution >= 4 is 0 Å². The molecule has 2 unspecified atom stereocenters. The third-order valence-electron chi connectivity index (χ3n) is 3.05. The molecule has 1 N–H and O–H groups in total. The third-order valence-corrected chi connectivity index (χ3v) is 3.05. The van der Waals surface area contributed by atoms with Crippen LogP contribution < -0.4 is 0 Å². The average Bonchev–Trinajstić information content (AvgIpc) is 2.39. The Balaban J connectivity index is 1.81. The van der Waals surface area contributed by atoms with Crippen molar-refractivity contribution in [2.75, 3.05) is 6.61 Å². The minimum Gasteiger partial charge on any atom is -0.396 e. The van der Waals surface area contributed by atoms with Crippen molar-refractivity contribution < 1.29 is 5.11 Å². The minimum absolute atomic E-state index is 0.414. The van der Waals surface area contributed by atoms with Gasteiger partial charge in [-0.25, -0.2) is 0 Å². The number of aliphatic hydroxyl groups excluding tert-OH is 1. The van der Waals surface area contributed by atoms with E-state index in [4.69, 9.17) is 5.11 Å². The van der Waals surface area contributed by atoms with Crippen LogP contribution in [0.25, 0.3) is 0 Å². The quantitative estimate of drug-likeness (QED) is 0.593. The first-order valence-corrected chi connectivity index (χ1v) is 4.04. The summed E-state index contributed by atoms with van der Waals surface area (Å²) >= 11 is 0. The van der Waals surface area contributed by atoms with E-state index in [0.717, 1.165) is 24.2 Å². The molecule has 9 heavy (non-hydrogen) atoms. The molecule has 1 nitrogen and oxygen atoms in total. The Kier molecular flexibility index (Phi) is 1.26. The van der Waals surface area contributed by atoms with Crippen LogP contribution in [0.3, 0.4) is 0 Å². The Morgan fingerprint density at radius 2 is 1.89 bits per heavy atom. The molecule has 2 aliphatic rings. The molecule has 0 amide bonds. The van der Waals surface area contributed by atoms with Gasteiger partial charge in [-0.3, -0.25) is 0 Å². The predicted octanol–water partition coefficient (Wildman–Crippen LogP) is 1.41. The maximum Gasteiger partial charge on any atom is 0.0433 e. The smallest absolute Gasteiger partial charge is 0.0433 e. The van der Waals surface area contributed by atoms with Crippen LogP contribution in [0.15, 0.2) is 0 Å². The Bertz CT molecular complexity index is 101. The summed E-state index contributed by atoms with van der Waals surface area (Å²) in [6.07, 6.45) is 5.44. The van der Waals surface area contributed by atoms with Crippen LogP contribution >= 0.6 is 0 Å². The fourth-order valence-corrected chi connectivity index (χ4v) is 2.55. The number of fused-ring (bicyclic) bond motifs is 1. The van der Waals surface area contributed by atoms with Crippen LogP contribution in [0, 0.1) is 17.8 Å². The zero-order valence-electron chi connectivity index (χ0n) is 5.71. The standard InChI is InChI=1S/C8H14O/c9-5-4-8-6-2-1-3-7(6)8/h6-9H,1-5H2. The lowest BCUT2D eigenvalue weighted by molar-refractivity contribution is 0.271. The summed E-state index contributed by atoms with van der Waals surface area (Å²) in [5.74, 6) is 3.01. The molecule has 2 atom stereocenters. The summed E-state index contributed by atoms with van der Waals surface area (Å²) in [7, 11) is 0. The van der Waals surface area contributed by atoms with Crippen molar-refractivity contribution in [1.82, 2.24) is 0 Å². The van der Waals surface area contributed by atoms with Gasteiger partial charge < -0.3 is 5.11 Å². The molecule has 0 aromatic rings. The van der Waals surface area contributed by atoms with Gasteiger partial charge in [0.25, 0.3) is 0 Å². The number of rotatable bonds is 2. The fourth-order valence-electron chi connectivity index (χ4n) is 2.55. The van der Waals surface area contributed by atoms with Crippen molar-refractivity contribution in [1.29, 1.82) is 0 Å². The van der Waals surface area contributed by atoms with Gasteiger partial charge in [-0.2, -0.15) is 0 Å². The summed E-state index contributed by atoms with van der Waals surface area (Å²) in [4.78, 5) is 0. The van der Waals surface area contributed by atoms with E-state index in [1.54, 1.807) is 0 Å². The highest BCUT2D eigenvalue weighted by Gasteiger charge is 2.51. The molecule has 2 rings (SSSR count). The molecule has 0 aromatic carbocycles. The van der Waals surface area contributed by atoms with Gasteiger partial charge in [-0.1, -0.05) is 6.42 Å². The molecule has 0 aliphatic heterocycles. The maximum atomic E-state index is 8.63. The molecule has 2 saturated carbocycles. The number of hydrogen-bond donors (Lipinski definition) is 1. The molecular weight excluding hydrogens is 112 g/mol. The average molecular weight is 126 g/mol. The molecule has 0 spiro atoms. The summed E-state index contributed by atoms with van der Waals surface area (Å²) < 4.78 is 0. The molecular formula is C8H14O. The molecule has 0 radical (unpaired) electrons. The van der Waals surface area contributed by atoms with E-state index in [-0.39, 0.29) is 0 Å². The second kappa shape index (κ2) is 1.98. The molecule has 0 heterocycles. The fraction of sp³-hybridized carbons (Fsp3) is 1.00. The largest absolute Gasteiger partial charge is 0.396 e. The highest BCUT2D eigenvalue weighted by molar-refractivity contribution is 5.00. The predicted molar refractivity (Wildman–Crippen MR) is 36.0 cm³/mol. The Labute approximate surface area is 56.1 Å². The molecule has 0 aromatic heterocycles. The first-order chi connectivity index (χ1) is 4.43. The number of hydrogen-bond acceptors (Lipinski definition) is 1. The van der Waals surface area contributed by atoms with E-state index in [0.29, 0.717) is 6.61 Å². The zero-order valence-corrected chi connectivity index (χ0v) is 5.71. The number of aliphatic hydroxyl groups is 1. The van der Waals surface area contributed by atoms with E-state index in [9.17, 15) is 0 Å². The van der Waals surface area contributed by atoms with E-state index in [1.807, 2.05) is 0 Å². The maximum absolute atomic E-state index is 8.63. The summed E-state index contributed by atoms with van der Waals surface area (Å²) in [6, 6.07) is 0. The second-order valence-corrected chi connectivity index (χ2v) is 3.43. The van der Waals surface area contributed by atoms with E-state index in [2.05, 4.69) is 0 Å². The van der Waals surface area contributed by atoms with Gasteiger partial charge in [-0.15, -0.1) is 0 Å². The lowest BCUT2D eigenvalue weighted by Crippen LogP contribution is -1.90. The molecule has 0 saturated heterocycles. The SMILES string of the molecule is OCCC1C2CCCC12. The van der Waals surface area contributed by atoms with Crippen molar-refractivity contribution in [2.45, 2.75) is 25.7 Å². The van der Waals surface area contributed by atoms with Gasteiger partial charge in [0.05, 0.1) is 0 Å². The Morgan fingerprint density at radius 3 is 2.44 bits per heavy atom. The van der Waals surface area contributed by atoms with Crippen LogP contribution in [-0.2, 0) is 0 Å². The highest BCUT2D eigenvalue weighted by Crippen LogP contribution is 2.58. The van der Waals surface area contributed by atoms with Crippen LogP contribution in [0.5, 0.6) is 0 Å². The van der Waals surface area contributed by atoms with Crippen molar-refractivity contribution in [3.63, 3.8) is 0 Å². The first kappa shape index (κ1) is 5.72. The molecule has 0 bridgehead atoms. The molecule has 2 fully saturated rings. The normalized spacial score (nSPS) is 47.0. The van der Waals surface area contributed by atoms with E-state index in [1.165, 1.54) is 19.3 Å². The molecule has 2 aliphatic carbocycles. The molecule has 52 valence electrons. The lowest BCUT2D eigenvalue weighted by Gasteiger charge is -1.97. The zero-order chi connectivity index (χ0) is 6.27. The summed E-state index contributed by atoms with van der Waals surface area (Å²) in [6.45, 7) is 0.414. The topological polar surface area (TPSA) is 20.2 Å². The highest BCUT2D eigenvalue weighted by atomic mass is 16.3. The van der Waals surface area contributed by atoms with E-state index < -0.39 is 0 Å². The van der Waals surface area contributed by atoms with Gasteiger partial charge in [0.1, 0.15) is 0 Å². The van der Waals surface area contributed by atoms with E-state index >= 15 is 0 Å². The van der Waals surface area contributed by atoms with Crippen LogP contribution in [0.4, 0.5) is 0 Å². The van der Waals surface area contributed by atoms with Crippen LogP contribution in [-0.4, -0.2) is 11.7 Å². The first-order valence-electron chi connectivity index (χ1n) is 4.04. The second-order valence-electron chi connectivity index (χ2n) is 3.43. The Morgan fingerprint density at radius 1 is 1.22 bits per heavy atom. The summed E-state index contributed by atoms with van der Waals surface area (Å²) in [5, 5.41) is 8.63. The van der Waals surface area contributed by atoms with Crippen molar-refractivity contribution in [3.05, 3.63) is 0 Å². The monoisotopic (exact) mass is 126 g/mol. The van der Waals surface area contributed by atoms with Gasteiger partial charge in [0.2, 0.25) is 0 Å². The minimum atomic E-state index is 0.414.